The molecule has 0 bridgehead atoms. The maximum absolute atomic E-state index is 13.3. The maximum Gasteiger partial charge on any atom is 0.251 e. The fourth-order valence-corrected chi connectivity index (χ4v) is 4.25. The van der Waals surface area contributed by atoms with Crippen LogP contribution in [0.5, 0.6) is 0 Å². The first-order valence-electron chi connectivity index (χ1n) is 11.3. The second kappa shape index (κ2) is 14.8. The van der Waals surface area contributed by atoms with Crippen LogP contribution in [0.2, 0.25) is 10.0 Å². The molecule has 2 unspecified atom stereocenters. The van der Waals surface area contributed by atoms with E-state index in [0.29, 0.717) is 21.2 Å². The summed E-state index contributed by atoms with van der Waals surface area (Å²) in [4.78, 5) is 26.7. The lowest BCUT2D eigenvalue weighted by molar-refractivity contribution is -0.671. The second-order valence-electron chi connectivity index (χ2n) is 8.52. The number of aromatic nitrogens is 2. The van der Waals surface area contributed by atoms with Gasteiger partial charge in [-0.1, -0.05) is 35.3 Å². The molecule has 0 spiro atoms. The van der Waals surface area contributed by atoms with E-state index in [0.717, 1.165) is 11.1 Å². The molecule has 2 aromatic heterocycles. The molecule has 0 saturated heterocycles. The molecule has 2 heterocycles. The molecule has 2 atom stereocenters. The Morgan fingerprint density at radius 3 is 1.29 bits per heavy atom. The van der Waals surface area contributed by atoms with Gasteiger partial charge in [-0.2, -0.15) is 0 Å². The Hall–Kier alpha value is -2.28. The Morgan fingerprint density at radius 2 is 0.974 bits per heavy atom. The number of amides is 2. The van der Waals surface area contributed by atoms with Gasteiger partial charge in [0, 0.05) is 45.4 Å². The molecule has 0 saturated carbocycles. The third-order valence-electron chi connectivity index (χ3n) is 5.81. The number of nitrogens with one attached hydrogen (secondary N) is 2. The van der Waals surface area contributed by atoms with Gasteiger partial charge in [-0.05, 0) is 47.5 Å². The van der Waals surface area contributed by atoms with Gasteiger partial charge >= 0.3 is 0 Å². The van der Waals surface area contributed by atoms with Crippen molar-refractivity contribution in [1.82, 2.24) is 10.6 Å². The van der Waals surface area contributed by atoms with Crippen molar-refractivity contribution in [2.75, 3.05) is 0 Å². The van der Waals surface area contributed by atoms with Crippen molar-refractivity contribution < 1.29 is 66.7 Å². The zero-order valence-corrected chi connectivity index (χ0v) is 26.4. The maximum atomic E-state index is 13.3. The van der Waals surface area contributed by atoms with E-state index in [1.807, 2.05) is 72.3 Å². The molecule has 0 aliphatic rings. The number of hydrogen-bond acceptors (Lipinski definition) is 2. The van der Waals surface area contributed by atoms with Crippen molar-refractivity contribution in [2.45, 2.75) is 12.1 Å². The van der Waals surface area contributed by atoms with E-state index in [1.54, 1.807) is 48.5 Å². The second-order valence-corrected chi connectivity index (χ2v) is 9.39. The van der Waals surface area contributed by atoms with E-state index < -0.39 is 12.1 Å². The van der Waals surface area contributed by atoms with Crippen LogP contribution in [0.1, 0.15) is 43.9 Å². The number of carbonyl (C=O) groups excluding carboxylic acids is 2. The van der Waals surface area contributed by atoms with Crippen LogP contribution in [-0.2, 0) is 14.1 Å². The number of benzene rings is 2. The summed E-state index contributed by atoms with van der Waals surface area (Å²) in [6.07, 6.45) is 7.59. The Bertz CT molecular complexity index is 1280. The molecule has 2 N–H and O–H groups in total. The van der Waals surface area contributed by atoms with Gasteiger partial charge in [0.05, 0.1) is 12.1 Å². The van der Waals surface area contributed by atoms with E-state index >= 15 is 0 Å². The Labute approximate surface area is 266 Å². The molecular weight excluding hydrogens is 749 g/mol. The third kappa shape index (κ3) is 8.36. The zero-order chi connectivity index (χ0) is 25.7. The number of pyridine rings is 2. The van der Waals surface area contributed by atoms with Crippen molar-refractivity contribution in [2.24, 2.45) is 14.1 Å². The summed E-state index contributed by atoms with van der Waals surface area (Å²) in [7, 11) is 3.83. The van der Waals surface area contributed by atoms with Crippen LogP contribution >= 0.6 is 23.2 Å². The molecule has 0 fully saturated rings. The van der Waals surface area contributed by atoms with Crippen molar-refractivity contribution in [3.8, 4) is 0 Å². The number of hydrogen-bond donors (Lipinski definition) is 2. The van der Waals surface area contributed by atoms with E-state index in [2.05, 4.69) is 10.6 Å². The predicted octanol–water partition coefficient (Wildman–Crippen LogP) is -1.71. The minimum absolute atomic E-state index is 0. The number of nitrogens with zero attached hydrogens (tertiary/aromatic N) is 2. The van der Waals surface area contributed by atoms with Crippen LogP contribution in [0.3, 0.4) is 0 Å². The van der Waals surface area contributed by atoms with Crippen LogP contribution in [0.15, 0.2) is 97.6 Å². The average molecular weight is 775 g/mol. The predicted molar refractivity (Wildman–Crippen MR) is 139 cm³/mol. The first-order chi connectivity index (χ1) is 17.3. The number of halogens is 4. The van der Waals surface area contributed by atoms with Crippen LogP contribution in [0.25, 0.3) is 0 Å². The molecule has 0 radical (unpaired) electrons. The van der Waals surface area contributed by atoms with Crippen LogP contribution in [0.4, 0.5) is 0 Å². The summed E-state index contributed by atoms with van der Waals surface area (Å²) in [5, 5.41) is 7.18. The summed E-state index contributed by atoms with van der Waals surface area (Å²) in [6.45, 7) is 0. The normalized spacial score (nSPS) is 11.8. The number of aryl methyl sites for hydroxylation is 2. The van der Waals surface area contributed by atoms with Gasteiger partial charge in [-0.15, -0.1) is 0 Å². The lowest BCUT2D eigenvalue weighted by Gasteiger charge is -2.29. The molecule has 4 aromatic rings. The van der Waals surface area contributed by atoms with E-state index in [9.17, 15) is 9.59 Å². The summed E-state index contributed by atoms with van der Waals surface area (Å²) < 4.78 is 3.81. The molecule has 38 heavy (non-hydrogen) atoms. The monoisotopic (exact) mass is 774 g/mol. The third-order valence-corrected chi connectivity index (χ3v) is 6.28. The summed E-state index contributed by atoms with van der Waals surface area (Å²) >= 11 is 12.3. The standard InChI is InChI=1S/C28H24Cl2N4O2.2HI/c1-33-13-9-19(10-14-33)25(31-27(35)21-5-3-7-23(29)17-21)26(20-11-15-34(2)16-12-20)32-28(36)22-6-4-8-24(30)18-22;;/h3-18,25-26H,1-2H3;2*1H. The highest BCUT2D eigenvalue weighted by molar-refractivity contribution is 6.31. The zero-order valence-electron chi connectivity index (χ0n) is 20.6. The van der Waals surface area contributed by atoms with E-state index in [4.69, 9.17) is 23.2 Å². The fraction of sp³-hybridized carbons (Fsp3) is 0.143. The van der Waals surface area contributed by atoms with Gasteiger partial charge in [-0.3, -0.25) is 9.59 Å². The number of rotatable bonds is 7. The highest BCUT2D eigenvalue weighted by Crippen LogP contribution is 2.29. The van der Waals surface area contributed by atoms with Gasteiger partial charge in [-0.25, -0.2) is 9.13 Å². The SMILES string of the molecule is C[n+]1ccc(C(NC(=O)c2cccc(Cl)c2)C(NC(=O)c2cccc(Cl)c2)c2cc[n+](C)cc2)cc1.[I-].[I-]. The van der Waals surface area contributed by atoms with Gasteiger partial charge in [0.15, 0.2) is 24.8 Å². The van der Waals surface area contributed by atoms with Gasteiger partial charge < -0.3 is 58.6 Å². The summed E-state index contributed by atoms with van der Waals surface area (Å²) in [5.74, 6) is -0.613. The lowest BCUT2D eigenvalue weighted by Crippen LogP contribution is -3.00. The topological polar surface area (TPSA) is 66.0 Å². The molecule has 6 nitrogen and oxygen atoms in total. The van der Waals surface area contributed by atoms with Crippen LogP contribution in [-0.4, -0.2) is 11.8 Å². The van der Waals surface area contributed by atoms with Crippen molar-refractivity contribution >= 4 is 35.0 Å². The van der Waals surface area contributed by atoms with Gasteiger partial charge in [0.1, 0.15) is 14.1 Å². The molecule has 0 aliphatic heterocycles. The summed E-state index contributed by atoms with van der Waals surface area (Å²) in [5.41, 5.74) is 2.50. The minimum Gasteiger partial charge on any atom is -1.00 e. The van der Waals surface area contributed by atoms with Crippen molar-refractivity contribution in [3.05, 3.63) is 130 Å². The van der Waals surface area contributed by atoms with E-state index in [-0.39, 0.29) is 59.8 Å². The quantitative estimate of drug-likeness (QED) is 0.174. The Kier molecular flexibility index (Phi) is 12.4. The first-order valence-corrected chi connectivity index (χ1v) is 12.1. The largest absolute Gasteiger partial charge is 1.00 e. The molecule has 0 aliphatic carbocycles. The van der Waals surface area contributed by atoms with E-state index in [1.165, 1.54) is 0 Å². The molecule has 2 amide bonds. The Balaban J connectivity index is 0.00000253. The first kappa shape index (κ1) is 31.9. The highest BCUT2D eigenvalue weighted by atomic mass is 127. The lowest BCUT2D eigenvalue weighted by atomic mass is 9.93. The fourth-order valence-electron chi connectivity index (χ4n) is 3.87. The molecule has 10 heteroatoms. The Morgan fingerprint density at radius 1 is 0.632 bits per heavy atom. The van der Waals surface area contributed by atoms with Crippen LogP contribution in [0, 0.1) is 0 Å². The van der Waals surface area contributed by atoms with Crippen molar-refractivity contribution in [1.29, 1.82) is 0 Å². The smallest absolute Gasteiger partial charge is 0.251 e. The molecular formula is C28H26Cl2I2N4O2. The van der Waals surface area contributed by atoms with Crippen LogP contribution < -0.4 is 67.7 Å². The van der Waals surface area contributed by atoms with Gasteiger partial charge in [0.2, 0.25) is 0 Å². The molecule has 198 valence electrons. The molecule has 4 rings (SSSR count). The average Bonchev–Trinajstić information content (AvgIpc) is 2.87. The highest BCUT2D eigenvalue weighted by Gasteiger charge is 2.30. The molecule has 2 aromatic carbocycles. The van der Waals surface area contributed by atoms with Crippen molar-refractivity contribution in [3.63, 3.8) is 0 Å². The minimum atomic E-state index is -0.589. The summed E-state index contributed by atoms with van der Waals surface area (Å²) in [6, 6.07) is 20.0. The van der Waals surface area contributed by atoms with Gasteiger partial charge in [0.25, 0.3) is 11.8 Å². The number of carbonyl (C=O) groups is 2.